The van der Waals surface area contributed by atoms with Gasteiger partial charge in [-0.15, -0.1) is 0 Å². The second kappa shape index (κ2) is 10.7. The van der Waals surface area contributed by atoms with Gasteiger partial charge in [0.1, 0.15) is 0 Å². The maximum atomic E-state index is 9.63. The monoisotopic (exact) mass is 360 g/mol. The van der Waals surface area contributed by atoms with E-state index in [2.05, 4.69) is 4.31 Å². The van der Waals surface area contributed by atoms with E-state index in [4.69, 9.17) is 38.8 Å². The van der Waals surface area contributed by atoms with E-state index < -0.39 is 23.5 Å². The molecule has 0 radical (unpaired) electrons. The Morgan fingerprint density at radius 2 is 0.750 bits per heavy atom. The molecule has 0 aromatic heterocycles. The van der Waals surface area contributed by atoms with E-state index in [0.29, 0.717) is 0 Å². The van der Waals surface area contributed by atoms with E-state index in [0.717, 1.165) is 0 Å². The summed E-state index contributed by atoms with van der Waals surface area (Å²) in [6.45, 7) is 0. The SMILES string of the molecule is O=P(O)(O)O.O=P(O)(O)OP(=O)(O)O.[CaH2].[CaH2]. The Balaban J connectivity index is -0.0000000904. The first kappa shape index (κ1) is 27.3. The fourth-order valence-electron chi connectivity index (χ4n) is 0.139. The molecule has 0 aliphatic rings. The summed E-state index contributed by atoms with van der Waals surface area (Å²) < 4.78 is 31.1. The van der Waals surface area contributed by atoms with Crippen molar-refractivity contribution in [3.63, 3.8) is 0 Å². The van der Waals surface area contributed by atoms with Gasteiger partial charge in [-0.05, 0) is 0 Å². The summed E-state index contributed by atoms with van der Waals surface area (Å²) in [7, 11) is -14.7. The molecule has 0 atom stereocenters. The second-order valence-electron chi connectivity index (χ2n) is 1.58. The first-order valence-corrected chi connectivity index (χ1v) is 6.94. The van der Waals surface area contributed by atoms with Crippen molar-refractivity contribution in [1.29, 1.82) is 0 Å². The Labute approximate surface area is 149 Å². The molecule has 0 spiro atoms. The molecule has 0 aromatic carbocycles. The van der Waals surface area contributed by atoms with Crippen molar-refractivity contribution in [2.24, 2.45) is 0 Å². The fourth-order valence-corrected chi connectivity index (χ4v) is 1.25. The van der Waals surface area contributed by atoms with Crippen molar-refractivity contribution in [3.05, 3.63) is 0 Å². The van der Waals surface area contributed by atoms with Gasteiger partial charge in [0.05, 0.1) is 0 Å². The van der Waals surface area contributed by atoms with Gasteiger partial charge in [-0.25, -0.2) is 13.7 Å². The summed E-state index contributed by atoms with van der Waals surface area (Å²) in [4.78, 5) is 52.6. The van der Waals surface area contributed by atoms with Crippen LogP contribution in [-0.4, -0.2) is 110 Å². The van der Waals surface area contributed by atoms with Crippen LogP contribution in [0.15, 0.2) is 0 Å². The van der Waals surface area contributed by atoms with E-state index in [1.807, 2.05) is 0 Å². The molecule has 0 rings (SSSR count). The van der Waals surface area contributed by atoms with Gasteiger partial charge in [0.25, 0.3) is 0 Å². The minimum atomic E-state index is -5.05. The van der Waals surface area contributed by atoms with E-state index in [9.17, 15) is 9.13 Å². The molecule has 0 heterocycles. The van der Waals surface area contributed by atoms with Crippen molar-refractivity contribution in [1.82, 2.24) is 0 Å². The third-order valence-corrected chi connectivity index (χ3v) is 1.91. The van der Waals surface area contributed by atoms with Crippen LogP contribution in [0, 0.1) is 0 Å². The second-order valence-corrected chi connectivity index (χ2v) is 5.22. The van der Waals surface area contributed by atoms with Crippen LogP contribution in [0.5, 0.6) is 0 Å². The molecule has 0 bridgehead atoms. The minimum absolute atomic E-state index is 0. The van der Waals surface area contributed by atoms with Crippen LogP contribution in [-0.2, 0) is 18.0 Å². The van der Waals surface area contributed by atoms with Gasteiger partial charge in [0, 0.05) is 0 Å². The van der Waals surface area contributed by atoms with Crippen molar-refractivity contribution in [3.8, 4) is 0 Å². The van der Waals surface area contributed by atoms with E-state index in [1.54, 1.807) is 0 Å². The molecule has 16 heteroatoms. The molecular weight excluding hydrogens is 349 g/mol. The number of hydrogen-bond donors (Lipinski definition) is 7. The molecule has 0 aromatic rings. The molecule has 0 saturated heterocycles. The van der Waals surface area contributed by atoms with Gasteiger partial charge in [-0.2, -0.15) is 4.31 Å². The number of rotatable bonds is 2. The van der Waals surface area contributed by atoms with Gasteiger partial charge >= 0.3 is 98.9 Å². The molecule has 0 aliphatic heterocycles. The normalized spacial score (nSPS) is 11.4. The molecule has 7 N–H and O–H groups in total. The summed E-state index contributed by atoms with van der Waals surface area (Å²) in [5, 5.41) is 0. The van der Waals surface area contributed by atoms with Crippen LogP contribution >= 0.6 is 23.5 Å². The maximum absolute atomic E-state index is 9.63. The van der Waals surface area contributed by atoms with Gasteiger partial charge in [0.2, 0.25) is 0 Å². The average molecular weight is 360 g/mol. The van der Waals surface area contributed by atoms with Gasteiger partial charge in [-0.3, -0.25) is 0 Å². The van der Waals surface area contributed by atoms with Crippen LogP contribution in [0.4, 0.5) is 0 Å². The Morgan fingerprint density at radius 3 is 0.750 bits per heavy atom. The summed E-state index contributed by atoms with van der Waals surface area (Å²) in [5.41, 5.74) is 0. The van der Waals surface area contributed by atoms with Crippen molar-refractivity contribution < 1.29 is 52.3 Å². The molecule has 0 saturated carbocycles. The third-order valence-electron chi connectivity index (χ3n) is 0.213. The molecule has 0 amide bonds. The predicted octanol–water partition coefficient (Wildman–Crippen LogP) is -3.57. The van der Waals surface area contributed by atoms with E-state index in [1.165, 1.54) is 0 Å². The Kier molecular flexibility index (Phi) is 18.2. The quantitative estimate of drug-likeness (QED) is 0.190. The Morgan fingerprint density at radius 1 is 0.625 bits per heavy atom. The molecule has 0 fully saturated rings. The first-order chi connectivity index (χ1) is 5.71. The zero-order valence-electron chi connectivity index (χ0n) is 6.11. The Bertz CT molecular complexity index is 262. The summed E-state index contributed by atoms with van der Waals surface area (Å²) in [6.07, 6.45) is 0. The third kappa shape index (κ3) is 54.0. The number of hydrogen-bond acceptors (Lipinski definition) is 4. The molecule has 16 heavy (non-hydrogen) atoms. The molecule has 0 aliphatic carbocycles. The van der Waals surface area contributed by atoms with Crippen LogP contribution in [0.1, 0.15) is 0 Å². The standard InChI is InChI=1S/2Ca.H4O7P2.H3O4P.4H/c;;1-8(2,3)7-9(4,5)6;1-5(2,3)4;;;;/h;;(H2,1,2,3)(H2,4,5,6);(H3,1,2,3,4);;;;. The summed E-state index contributed by atoms with van der Waals surface area (Å²) in [6, 6.07) is 0. The van der Waals surface area contributed by atoms with Crippen LogP contribution in [0.2, 0.25) is 0 Å². The fraction of sp³-hybridized carbons (Fsp3) is 0. The molecular formula is H11Ca2O11P3. The van der Waals surface area contributed by atoms with Crippen molar-refractivity contribution in [2.75, 3.05) is 0 Å². The summed E-state index contributed by atoms with van der Waals surface area (Å²) >= 11 is 0. The van der Waals surface area contributed by atoms with Gasteiger partial charge in [-0.1, -0.05) is 0 Å². The zero-order valence-corrected chi connectivity index (χ0v) is 8.79. The average Bonchev–Trinajstić information content (AvgIpc) is 1.42. The van der Waals surface area contributed by atoms with Gasteiger partial charge in [0.15, 0.2) is 0 Å². The van der Waals surface area contributed by atoms with Crippen LogP contribution < -0.4 is 0 Å². The topological polar surface area (TPSA) is 202 Å². The molecule has 96 valence electrons. The molecule has 11 nitrogen and oxygen atoms in total. The van der Waals surface area contributed by atoms with E-state index >= 15 is 0 Å². The van der Waals surface area contributed by atoms with E-state index in [-0.39, 0.29) is 75.5 Å². The number of phosphoric acid groups is 3. The zero-order chi connectivity index (χ0) is 12.2. The molecule has 0 unspecified atom stereocenters. The van der Waals surface area contributed by atoms with Crippen molar-refractivity contribution >= 4 is 98.9 Å². The van der Waals surface area contributed by atoms with Crippen LogP contribution in [0.3, 0.4) is 0 Å². The van der Waals surface area contributed by atoms with Crippen LogP contribution in [0.25, 0.3) is 0 Å². The Hall–Kier alpha value is 2.89. The van der Waals surface area contributed by atoms with Gasteiger partial charge < -0.3 is 34.3 Å². The summed E-state index contributed by atoms with van der Waals surface area (Å²) in [5.74, 6) is 0. The van der Waals surface area contributed by atoms with Crippen molar-refractivity contribution in [2.45, 2.75) is 0 Å². The predicted molar refractivity (Wildman–Crippen MR) is 56.5 cm³/mol. The first-order valence-electron chi connectivity index (χ1n) is 2.31.